The van der Waals surface area contributed by atoms with Crippen LogP contribution in [0.2, 0.25) is 0 Å². The van der Waals surface area contributed by atoms with Gasteiger partial charge in [0.1, 0.15) is 5.75 Å². The summed E-state index contributed by atoms with van der Waals surface area (Å²) in [7, 11) is 0. The van der Waals surface area contributed by atoms with Crippen LogP contribution >= 0.6 is 11.3 Å². The molecule has 152 valence electrons. The molecule has 0 unspecified atom stereocenters. The third-order valence-electron chi connectivity index (χ3n) is 4.55. The molecule has 0 aliphatic heterocycles. The van der Waals surface area contributed by atoms with Crippen LogP contribution in [0.3, 0.4) is 0 Å². The number of hydrogen-bond acceptors (Lipinski definition) is 6. The van der Waals surface area contributed by atoms with E-state index in [1.807, 2.05) is 38.1 Å². The van der Waals surface area contributed by atoms with E-state index in [1.54, 1.807) is 24.3 Å². The Balaban J connectivity index is 1.40. The predicted molar refractivity (Wildman–Crippen MR) is 116 cm³/mol. The third kappa shape index (κ3) is 4.33. The van der Waals surface area contributed by atoms with Crippen LogP contribution < -0.4 is 15.4 Å². The molecule has 0 fully saturated rings. The minimum atomic E-state index is -0.365. The molecule has 4 rings (SSSR count). The quantitative estimate of drug-likeness (QED) is 0.467. The number of furan rings is 1. The fraction of sp³-hybridized carbons (Fsp3) is 0.136. The Hall–Kier alpha value is -3.65. The number of aryl methyl sites for hydroxylation is 1. The van der Waals surface area contributed by atoms with Crippen LogP contribution in [-0.4, -0.2) is 23.4 Å². The van der Waals surface area contributed by atoms with Crippen LogP contribution in [0.15, 0.2) is 59.2 Å². The molecule has 2 N–H and O–H groups in total. The first-order valence-electron chi connectivity index (χ1n) is 9.24. The molecule has 30 heavy (non-hydrogen) atoms. The van der Waals surface area contributed by atoms with Gasteiger partial charge in [0.25, 0.3) is 11.8 Å². The number of ether oxygens (including phenoxy) is 1. The zero-order valence-corrected chi connectivity index (χ0v) is 17.2. The second-order valence-electron chi connectivity index (χ2n) is 6.67. The van der Waals surface area contributed by atoms with Gasteiger partial charge in [-0.25, -0.2) is 4.98 Å². The SMILES string of the molecule is Cc1cccc(OCC(=O)Nc2ccc3nc(NC(=O)c4ccco4)sc3c2)c1C. The summed E-state index contributed by atoms with van der Waals surface area (Å²) in [6.07, 6.45) is 1.44. The number of thiazole rings is 1. The normalized spacial score (nSPS) is 10.7. The van der Waals surface area contributed by atoms with E-state index in [2.05, 4.69) is 15.6 Å². The summed E-state index contributed by atoms with van der Waals surface area (Å²) in [5.41, 5.74) is 3.48. The van der Waals surface area contributed by atoms with Gasteiger partial charge < -0.3 is 14.5 Å². The second-order valence-corrected chi connectivity index (χ2v) is 7.70. The highest BCUT2D eigenvalue weighted by Gasteiger charge is 2.13. The topological polar surface area (TPSA) is 93.5 Å². The predicted octanol–water partition coefficient (Wildman–Crippen LogP) is 4.78. The standard InChI is InChI=1S/C22H19N3O4S/c1-13-5-3-6-17(14(13)2)29-12-20(26)23-15-8-9-16-19(11-15)30-22(24-16)25-21(27)18-7-4-10-28-18/h3-11H,12H2,1-2H3,(H,23,26)(H,24,25,27). The summed E-state index contributed by atoms with van der Waals surface area (Å²) >= 11 is 1.31. The highest BCUT2D eigenvalue weighted by atomic mass is 32.1. The van der Waals surface area contributed by atoms with Crippen molar-refractivity contribution in [2.75, 3.05) is 17.2 Å². The zero-order valence-electron chi connectivity index (χ0n) is 16.4. The average molecular weight is 421 g/mol. The van der Waals surface area contributed by atoms with Gasteiger partial charge in [-0.3, -0.25) is 14.9 Å². The summed E-state index contributed by atoms with van der Waals surface area (Å²) in [5, 5.41) is 5.99. The van der Waals surface area contributed by atoms with Crippen molar-refractivity contribution >= 4 is 44.2 Å². The molecule has 0 spiro atoms. The molecule has 7 nitrogen and oxygen atoms in total. The van der Waals surface area contributed by atoms with Gasteiger partial charge in [0.15, 0.2) is 17.5 Å². The van der Waals surface area contributed by atoms with E-state index in [0.29, 0.717) is 16.6 Å². The summed E-state index contributed by atoms with van der Waals surface area (Å²) < 4.78 is 11.6. The lowest BCUT2D eigenvalue weighted by atomic mass is 10.1. The molecule has 0 saturated heterocycles. The molecule has 0 aliphatic rings. The van der Waals surface area contributed by atoms with Crippen LogP contribution in [0.5, 0.6) is 5.75 Å². The third-order valence-corrected chi connectivity index (χ3v) is 5.48. The number of hydrogen-bond donors (Lipinski definition) is 2. The molecule has 0 aliphatic carbocycles. The van der Waals surface area contributed by atoms with E-state index in [4.69, 9.17) is 9.15 Å². The smallest absolute Gasteiger partial charge is 0.293 e. The summed E-state index contributed by atoms with van der Waals surface area (Å²) in [4.78, 5) is 28.8. The molecule has 2 aromatic carbocycles. The van der Waals surface area contributed by atoms with E-state index >= 15 is 0 Å². The molecule has 2 heterocycles. The minimum Gasteiger partial charge on any atom is -0.483 e. The van der Waals surface area contributed by atoms with Crippen molar-refractivity contribution in [3.05, 3.63) is 71.7 Å². The van der Waals surface area contributed by atoms with Gasteiger partial charge in [0, 0.05) is 5.69 Å². The number of nitrogens with zero attached hydrogens (tertiary/aromatic N) is 1. The summed E-state index contributed by atoms with van der Waals surface area (Å²) in [6, 6.07) is 14.3. The number of benzene rings is 2. The molecule has 4 aromatic rings. The lowest BCUT2D eigenvalue weighted by Gasteiger charge is -2.11. The number of rotatable bonds is 6. The first kappa shape index (κ1) is 19.7. The number of carbonyl (C=O) groups is 2. The number of fused-ring (bicyclic) bond motifs is 1. The zero-order chi connectivity index (χ0) is 21.1. The van der Waals surface area contributed by atoms with E-state index in [0.717, 1.165) is 21.3 Å². The Bertz CT molecular complexity index is 1210. The van der Waals surface area contributed by atoms with E-state index < -0.39 is 0 Å². The number of amides is 2. The van der Waals surface area contributed by atoms with E-state index in [9.17, 15) is 9.59 Å². The maximum absolute atomic E-state index is 12.3. The number of carbonyl (C=O) groups excluding carboxylic acids is 2. The van der Waals surface area contributed by atoms with Crippen molar-refractivity contribution < 1.29 is 18.7 Å². The van der Waals surface area contributed by atoms with Gasteiger partial charge in [-0.1, -0.05) is 23.5 Å². The van der Waals surface area contributed by atoms with Crippen LogP contribution in [0.1, 0.15) is 21.7 Å². The van der Waals surface area contributed by atoms with Gasteiger partial charge in [-0.15, -0.1) is 0 Å². The first-order chi connectivity index (χ1) is 14.5. The lowest BCUT2D eigenvalue weighted by molar-refractivity contribution is -0.118. The summed E-state index contributed by atoms with van der Waals surface area (Å²) in [5.74, 6) is 0.286. The lowest BCUT2D eigenvalue weighted by Crippen LogP contribution is -2.20. The first-order valence-corrected chi connectivity index (χ1v) is 10.1. The van der Waals surface area contributed by atoms with Crippen molar-refractivity contribution in [2.45, 2.75) is 13.8 Å². The van der Waals surface area contributed by atoms with Gasteiger partial charge in [0.2, 0.25) is 0 Å². The van der Waals surface area contributed by atoms with Crippen molar-refractivity contribution in [3.8, 4) is 5.75 Å². The summed E-state index contributed by atoms with van der Waals surface area (Å²) in [6.45, 7) is 3.87. The largest absolute Gasteiger partial charge is 0.483 e. The van der Waals surface area contributed by atoms with Crippen molar-refractivity contribution in [3.63, 3.8) is 0 Å². The van der Waals surface area contributed by atoms with Gasteiger partial charge in [0.05, 0.1) is 16.5 Å². The molecule has 0 radical (unpaired) electrons. The average Bonchev–Trinajstić information content (AvgIpc) is 3.38. The fourth-order valence-corrected chi connectivity index (χ4v) is 3.74. The molecular formula is C22H19N3O4S. The number of anilines is 2. The van der Waals surface area contributed by atoms with Gasteiger partial charge in [-0.05, 0) is 61.4 Å². The van der Waals surface area contributed by atoms with Crippen LogP contribution in [0.4, 0.5) is 10.8 Å². The van der Waals surface area contributed by atoms with Gasteiger partial charge >= 0.3 is 0 Å². The Morgan fingerprint density at radius 3 is 2.77 bits per heavy atom. The fourth-order valence-electron chi connectivity index (χ4n) is 2.84. The van der Waals surface area contributed by atoms with Crippen molar-refractivity contribution in [1.29, 1.82) is 0 Å². The maximum atomic E-state index is 12.3. The molecule has 8 heteroatoms. The second kappa shape index (κ2) is 8.38. The van der Waals surface area contributed by atoms with Crippen molar-refractivity contribution in [1.82, 2.24) is 4.98 Å². The molecule has 2 amide bonds. The van der Waals surface area contributed by atoms with E-state index in [-0.39, 0.29) is 24.2 Å². The Kier molecular flexibility index (Phi) is 5.49. The van der Waals surface area contributed by atoms with Gasteiger partial charge in [-0.2, -0.15) is 0 Å². The molecule has 2 aromatic heterocycles. The Morgan fingerprint density at radius 2 is 1.97 bits per heavy atom. The molecule has 0 saturated carbocycles. The Morgan fingerprint density at radius 1 is 1.10 bits per heavy atom. The van der Waals surface area contributed by atoms with Crippen LogP contribution in [0, 0.1) is 13.8 Å². The van der Waals surface area contributed by atoms with Crippen LogP contribution in [0.25, 0.3) is 10.2 Å². The highest BCUT2D eigenvalue weighted by molar-refractivity contribution is 7.22. The maximum Gasteiger partial charge on any atom is 0.293 e. The molecule has 0 atom stereocenters. The van der Waals surface area contributed by atoms with Crippen molar-refractivity contribution in [2.24, 2.45) is 0 Å². The molecule has 0 bridgehead atoms. The number of aromatic nitrogens is 1. The molecular weight excluding hydrogens is 402 g/mol. The minimum absolute atomic E-state index is 0.0878. The Labute approximate surface area is 176 Å². The number of nitrogens with one attached hydrogen (secondary N) is 2. The highest BCUT2D eigenvalue weighted by Crippen LogP contribution is 2.29. The van der Waals surface area contributed by atoms with Crippen LogP contribution in [-0.2, 0) is 4.79 Å². The van der Waals surface area contributed by atoms with E-state index in [1.165, 1.54) is 17.6 Å². The monoisotopic (exact) mass is 421 g/mol.